The number of nitrogens with zero attached hydrogens (tertiary/aromatic N) is 1. The normalized spacial score (nSPS) is 11.1. The van der Waals surface area contributed by atoms with Crippen molar-refractivity contribution < 1.29 is 9.21 Å². The molecule has 3 nitrogen and oxygen atoms in total. The number of rotatable bonds is 8. The fraction of sp³-hybridized carbons (Fsp3) is 0.400. The summed E-state index contributed by atoms with van der Waals surface area (Å²) in [5.74, 6) is 1.23. The van der Waals surface area contributed by atoms with E-state index in [0.29, 0.717) is 6.42 Å². The van der Waals surface area contributed by atoms with E-state index in [1.165, 1.54) is 11.3 Å². The van der Waals surface area contributed by atoms with Gasteiger partial charge in [-0.2, -0.15) is 0 Å². The monoisotopic (exact) mass is 277 g/mol. The summed E-state index contributed by atoms with van der Waals surface area (Å²) in [6.07, 6.45) is 3.21. The van der Waals surface area contributed by atoms with Crippen molar-refractivity contribution in [3.8, 4) is 0 Å². The zero-order chi connectivity index (χ0) is 13.5. The topological polar surface area (TPSA) is 33.5 Å². The molecule has 0 atom stereocenters. The Morgan fingerprint density at radius 3 is 2.89 bits per heavy atom. The highest BCUT2D eigenvalue weighted by atomic mass is 32.1. The predicted octanol–water partition coefficient (Wildman–Crippen LogP) is 3.83. The van der Waals surface area contributed by atoms with Gasteiger partial charge in [0, 0.05) is 6.42 Å². The van der Waals surface area contributed by atoms with Crippen LogP contribution in [0.2, 0.25) is 0 Å². The molecule has 0 unspecified atom stereocenters. The summed E-state index contributed by atoms with van der Waals surface area (Å²) in [5, 5.41) is 1.95. The Bertz CT molecular complexity index is 476. The van der Waals surface area contributed by atoms with Crippen molar-refractivity contribution in [1.29, 1.82) is 0 Å². The van der Waals surface area contributed by atoms with Crippen LogP contribution in [0.3, 0.4) is 0 Å². The maximum absolute atomic E-state index is 11.9. The van der Waals surface area contributed by atoms with Gasteiger partial charge in [-0.3, -0.25) is 9.69 Å². The van der Waals surface area contributed by atoms with Gasteiger partial charge in [0.25, 0.3) is 0 Å². The molecule has 0 aliphatic heterocycles. The molecule has 0 aliphatic rings. The van der Waals surface area contributed by atoms with E-state index in [1.807, 2.05) is 29.6 Å². The highest BCUT2D eigenvalue weighted by Gasteiger charge is 2.09. The van der Waals surface area contributed by atoms with Crippen LogP contribution in [-0.4, -0.2) is 23.8 Å². The number of Topliss-reactive ketones (excluding diaryl/α,β-unsaturated/α-hetero) is 1. The summed E-state index contributed by atoms with van der Waals surface area (Å²) >= 11 is 1.52. The molecular weight excluding hydrogens is 258 g/mol. The highest BCUT2D eigenvalue weighted by molar-refractivity contribution is 7.12. The van der Waals surface area contributed by atoms with Gasteiger partial charge in [-0.05, 0) is 43.1 Å². The maximum Gasteiger partial charge on any atom is 0.172 e. The van der Waals surface area contributed by atoms with Gasteiger partial charge in [0.2, 0.25) is 0 Å². The molecule has 4 heteroatoms. The second-order valence-corrected chi connectivity index (χ2v) is 5.40. The highest BCUT2D eigenvalue weighted by Crippen LogP contribution is 2.13. The maximum atomic E-state index is 11.9. The molecule has 0 saturated carbocycles. The van der Waals surface area contributed by atoms with Gasteiger partial charge in [-0.15, -0.1) is 11.3 Å². The molecule has 2 aromatic rings. The van der Waals surface area contributed by atoms with Gasteiger partial charge in [0.15, 0.2) is 5.78 Å². The van der Waals surface area contributed by atoms with E-state index in [2.05, 4.69) is 11.8 Å². The van der Waals surface area contributed by atoms with Crippen LogP contribution < -0.4 is 0 Å². The van der Waals surface area contributed by atoms with E-state index in [9.17, 15) is 4.79 Å². The van der Waals surface area contributed by atoms with E-state index in [0.717, 1.165) is 36.7 Å². The van der Waals surface area contributed by atoms with Crippen LogP contribution in [0.1, 0.15) is 35.2 Å². The molecule has 0 radical (unpaired) electrons. The molecule has 0 saturated heterocycles. The van der Waals surface area contributed by atoms with Crippen molar-refractivity contribution in [2.75, 3.05) is 13.1 Å². The van der Waals surface area contributed by atoms with Crippen molar-refractivity contribution in [2.45, 2.75) is 26.3 Å². The Hall–Kier alpha value is -1.39. The van der Waals surface area contributed by atoms with Crippen molar-refractivity contribution in [3.05, 3.63) is 46.5 Å². The molecule has 0 spiro atoms. The number of furan rings is 1. The average Bonchev–Trinajstić information content (AvgIpc) is 3.10. The molecule has 2 aromatic heterocycles. The van der Waals surface area contributed by atoms with Crippen LogP contribution in [0.4, 0.5) is 0 Å². The number of hydrogen-bond acceptors (Lipinski definition) is 4. The van der Waals surface area contributed by atoms with Crippen LogP contribution in [0.25, 0.3) is 0 Å². The molecule has 2 heterocycles. The Morgan fingerprint density at radius 2 is 2.26 bits per heavy atom. The first kappa shape index (κ1) is 14.0. The number of carbonyl (C=O) groups is 1. The Kier molecular flexibility index (Phi) is 5.36. The first-order valence-corrected chi connectivity index (χ1v) is 7.49. The Labute approximate surface area is 117 Å². The minimum atomic E-state index is 0.254. The van der Waals surface area contributed by atoms with Crippen molar-refractivity contribution >= 4 is 17.1 Å². The van der Waals surface area contributed by atoms with E-state index < -0.39 is 0 Å². The fourth-order valence-electron chi connectivity index (χ4n) is 2.00. The summed E-state index contributed by atoms with van der Waals surface area (Å²) in [6.45, 7) is 4.84. The zero-order valence-corrected chi connectivity index (χ0v) is 12.0. The molecule has 102 valence electrons. The van der Waals surface area contributed by atoms with E-state index >= 15 is 0 Å². The molecule has 2 rings (SSSR count). The van der Waals surface area contributed by atoms with Gasteiger partial charge in [0.1, 0.15) is 5.76 Å². The summed E-state index contributed by atoms with van der Waals surface area (Å²) in [4.78, 5) is 15.0. The molecule has 19 heavy (non-hydrogen) atoms. The van der Waals surface area contributed by atoms with Gasteiger partial charge < -0.3 is 4.42 Å². The van der Waals surface area contributed by atoms with Crippen molar-refractivity contribution in [2.24, 2.45) is 0 Å². The standard InChI is InChI=1S/C15H19NO2S/c1-2-16(12-13-6-4-10-18-13)9-3-7-14(17)15-8-5-11-19-15/h4-6,8,10-11H,2-3,7,9,12H2,1H3. The fourth-order valence-corrected chi connectivity index (χ4v) is 2.69. The smallest absolute Gasteiger partial charge is 0.172 e. The average molecular weight is 277 g/mol. The van der Waals surface area contributed by atoms with Gasteiger partial charge in [-0.25, -0.2) is 0 Å². The number of ketones is 1. The first-order chi connectivity index (χ1) is 9.29. The molecule has 0 fully saturated rings. The minimum Gasteiger partial charge on any atom is -0.468 e. The predicted molar refractivity (Wildman–Crippen MR) is 77.5 cm³/mol. The third-order valence-electron chi connectivity index (χ3n) is 3.08. The molecular formula is C15H19NO2S. The minimum absolute atomic E-state index is 0.254. The lowest BCUT2D eigenvalue weighted by Gasteiger charge is -2.18. The number of thiophene rings is 1. The van der Waals surface area contributed by atoms with E-state index in [-0.39, 0.29) is 5.78 Å². The second kappa shape index (κ2) is 7.26. The Morgan fingerprint density at radius 1 is 1.37 bits per heavy atom. The Balaban J connectivity index is 1.73. The third kappa shape index (κ3) is 4.33. The molecule has 0 aromatic carbocycles. The third-order valence-corrected chi connectivity index (χ3v) is 3.99. The quantitative estimate of drug-likeness (QED) is 0.688. The molecule has 0 bridgehead atoms. The first-order valence-electron chi connectivity index (χ1n) is 6.61. The van der Waals surface area contributed by atoms with Crippen LogP contribution in [0.15, 0.2) is 40.3 Å². The van der Waals surface area contributed by atoms with Crippen molar-refractivity contribution in [3.63, 3.8) is 0 Å². The van der Waals surface area contributed by atoms with Crippen molar-refractivity contribution in [1.82, 2.24) is 4.90 Å². The van der Waals surface area contributed by atoms with E-state index in [4.69, 9.17) is 4.42 Å². The lowest BCUT2D eigenvalue weighted by atomic mass is 10.2. The molecule has 0 N–H and O–H groups in total. The van der Waals surface area contributed by atoms with Crippen LogP contribution >= 0.6 is 11.3 Å². The summed E-state index contributed by atoms with van der Waals surface area (Å²) in [6, 6.07) is 7.71. The molecule has 0 amide bonds. The lowest BCUT2D eigenvalue weighted by Crippen LogP contribution is -2.24. The van der Waals surface area contributed by atoms with Crippen LogP contribution in [0, 0.1) is 0 Å². The summed E-state index contributed by atoms with van der Waals surface area (Å²) in [7, 11) is 0. The second-order valence-electron chi connectivity index (χ2n) is 4.45. The van der Waals surface area contributed by atoms with Gasteiger partial charge >= 0.3 is 0 Å². The van der Waals surface area contributed by atoms with Gasteiger partial charge in [-0.1, -0.05) is 13.0 Å². The van der Waals surface area contributed by atoms with E-state index in [1.54, 1.807) is 6.26 Å². The SMILES string of the molecule is CCN(CCCC(=O)c1cccs1)Cc1ccco1. The van der Waals surface area contributed by atoms with Crippen LogP contribution in [0.5, 0.6) is 0 Å². The van der Waals surface area contributed by atoms with Gasteiger partial charge in [0.05, 0.1) is 17.7 Å². The zero-order valence-electron chi connectivity index (χ0n) is 11.2. The van der Waals surface area contributed by atoms with Crippen LogP contribution in [-0.2, 0) is 6.54 Å². The number of hydrogen-bond donors (Lipinski definition) is 0. The molecule has 0 aliphatic carbocycles. The summed E-state index contributed by atoms with van der Waals surface area (Å²) in [5.41, 5.74) is 0. The largest absolute Gasteiger partial charge is 0.468 e. The number of carbonyl (C=O) groups excluding carboxylic acids is 1. The lowest BCUT2D eigenvalue weighted by molar-refractivity contribution is 0.0978. The summed E-state index contributed by atoms with van der Waals surface area (Å²) < 4.78 is 5.35.